The molecule has 29 heavy (non-hydrogen) atoms. The van der Waals surface area contributed by atoms with Gasteiger partial charge in [-0.25, -0.2) is 4.79 Å². The van der Waals surface area contributed by atoms with Gasteiger partial charge in [-0.15, -0.1) is 0 Å². The Morgan fingerprint density at radius 3 is 2.21 bits per heavy atom. The predicted molar refractivity (Wildman–Crippen MR) is 99.2 cm³/mol. The first-order chi connectivity index (χ1) is 13.5. The zero-order valence-electron chi connectivity index (χ0n) is 15.5. The van der Waals surface area contributed by atoms with Crippen molar-refractivity contribution in [1.29, 1.82) is 0 Å². The van der Waals surface area contributed by atoms with Crippen LogP contribution in [0.25, 0.3) is 0 Å². The lowest BCUT2D eigenvalue weighted by Gasteiger charge is -2.12. The highest BCUT2D eigenvalue weighted by Gasteiger charge is 2.31. The number of hydrogen-bond acceptors (Lipinski definition) is 5. The average Bonchev–Trinajstić information content (AvgIpc) is 2.65. The molecule has 0 aliphatic heterocycles. The first-order valence-corrected chi connectivity index (χ1v) is 8.24. The summed E-state index contributed by atoms with van der Waals surface area (Å²) in [6, 6.07) is 8.25. The predicted octanol–water partition coefficient (Wildman–Crippen LogP) is 2.78. The van der Waals surface area contributed by atoms with E-state index in [1.54, 1.807) is 14.1 Å². The van der Waals surface area contributed by atoms with Gasteiger partial charge in [0.05, 0.1) is 11.1 Å². The van der Waals surface area contributed by atoms with Crippen molar-refractivity contribution in [2.24, 2.45) is 0 Å². The molecular formula is C19H18F3N3O4. The Hall–Kier alpha value is -3.56. The van der Waals surface area contributed by atoms with Crippen molar-refractivity contribution in [3.63, 3.8) is 0 Å². The number of alkyl halides is 3. The minimum absolute atomic E-state index is 0.203. The molecule has 0 saturated carbocycles. The molecule has 10 heteroatoms. The van der Waals surface area contributed by atoms with Crippen molar-refractivity contribution in [1.82, 2.24) is 4.90 Å². The van der Waals surface area contributed by atoms with Crippen LogP contribution in [0.4, 0.5) is 24.5 Å². The maximum Gasteiger partial charge on any atom is 0.416 e. The molecule has 154 valence electrons. The van der Waals surface area contributed by atoms with Gasteiger partial charge in [0.1, 0.15) is 0 Å². The number of carbonyl (C=O) groups is 3. The lowest BCUT2D eigenvalue weighted by molar-refractivity contribution is -0.137. The van der Waals surface area contributed by atoms with E-state index >= 15 is 0 Å². The van der Waals surface area contributed by atoms with Crippen molar-refractivity contribution < 1.29 is 32.3 Å². The van der Waals surface area contributed by atoms with Crippen molar-refractivity contribution in [2.45, 2.75) is 6.18 Å². The smallest absolute Gasteiger partial charge is 0.416 e. The van der Waals surface area contributed by atoms with Gasteiger partial charge in [-0.3, -0.25) is 9.59 Å². The minimum atomic E-state index is -4.59. The number of hydrogen-bond donors (Lipinski definition) is 2. The van der Waals surface area contributed by atoms with Crippen LogP contribution in [0.15, 0.2) is 42.5 Å². The van der Waals surface area contributed by atoms with Crippen LogP contribution in [0.1, 0.15) is 26.3 Å². The molecule has 0 radical (unpaired) electrons. The second-order valence-electron chi connectivity index (χ2n) is 6.20. The van der Waals surface area contributed by atoms with Gasteiger partial charge in [0, 0.05) is 31.0 Å². The molecular weight excluding hydrogens is 391 g/mol. The Morgan fingerprint density at radius 1 is 1.07 bits per heavy atom. The Balaban J connectivity index is 1.94. The van der Waals surface area contributed by atoms with E-state index in [2.05, 4.69) is 5.32 Å². The third kappa shape index (κ3) is 5.71. The Morgan fingerprint density at radius 2 is 1.69 bits per heavy atom. The van der Waals surface area contributed by atoms with Gasteiger partial charge in [0.2, 0.25) is 0 Å². The number of ether oxygens (including phenoxy) is 1. The highest BCUT2D eigenvalue weighted by atomic mass is 19.4. The average molecular weight is 409 g/mol. The zero-order chi connectivity index (χ0) is 21.8. The lowest BCUT2D eigenvalue weighted by atomic mass is 10.1. The monoisotopic (exact) mass is 409 g/mol. The molecule has 2 rings (SSSR count). The van der Waals surface area contributed by atoms with Gasteiger partial charge in [-0.05, 0) is 42.5 Å². The molecule has 2 amide bonds. The van der Waals surface area contributed by atoms with Crippen molar-refractivity contribution in [2.75, 3.05) is 31.8 Å². The fourth-order valence-corrected chi connectivity index (χ4v) is 2.29. The van der Waals surface area contributed by atoms with Crippen molar-refractivity contribution >= 4 is 29.2 Å². The fourth-order valence-electron chi connectivity index (χ4n) is 2.29. The molecule has 0 atom stereocenters. The summed E-state index contributed by atoms with van der Waals surface area (Å²) in [5, 5.41) is 2.47. The van der Waals surface area contributed by atoms with Crippen LogP contribution in [0, 0.1) is 0 Å². The van der Waals surface area contributed by atoms with Gasteiger partial charge < -0.3 is 20.7 Å². The van der Waals surface area contributed by atoms with Gasteiger partial charge in [0.15, 0.2) is 6.61 Å². The molecule has 0 aromatic heterocycles. The number of nitrogen functional groups attached to an aromatic ring is 1. The normalized spacial score (nSPS) is 10.9. The lowest BCUT2D eigenvalue weighted by Crippen LogP contribution is -2.22. The molecule has 0 saturated heterocycles. The summed E-state index contributed by atoms with van der Waals surface area (Å²) < 4.78 is 42.7. The topological polar surface area (TPSA) is 102 Å². The van der Waals surface area contributed by atoms with E-state index in [9.17, 15) is 27.6 Å². The summed E-state index contributed by atoms with van der Waals surface area (Å²) in [4.78, 5) is 37.1. The first-order valence-electron chi connectivity index (χ1n) is 8.24. The quantitative estimate of drug-likeness (QED) is 0.584. The summed E-state index contributed by atoms with van der Waals surface area (Å²) in [6.45, 7) is -0.669. The number of esters is 1. The molecule has 2 aromatic carbocycles. The van der Waals surface area contributed by atoms with Crippen LogP contribution in [0.2, 0.25) is 0 Å². The van der Waals surface area contributed by atoms with Crippen LogP contribution in [0.5, 0.6) is 0 Å². The van der Waals surface area contributed by atoms with Crippen LogP contribution >= 0.6 is 0 Å². The molecule has 0 aliphatic rings. The number of nitrogens with one attached hydrogen (secondary N) is 1. The van der Waals surface area contributed by atoms with E-state index in [4.69, 9.17) is 10.5 Å². The van der Waals surface area contributed by atoms with Crippen LogP contribution in [0.3, 0.4) is 0 Å². The summed E-state index contributed by atoms with van der Waals surface area (Å²) in [6.07, 6.45) is -4.59. The van der Waals surface area contributed by atoms with Gasteiger partial charge in [-0.1, -0.05) is 0 Å². The third-order valence-corrected chi connectivity index (χ3v) is 3.75. The maximum absolute atomic E-state index is 12.6. The SMILES string of the molecule is CN(C)C(=O)c1ccc(NC(=O)COC(=O)c2ccc(C(F)(F)F)cc2N)cc1. The molecule has 0 spiro atoms. The number of rotatable bonds is 5. The number of anilines is 2. The molecule has 7 nitrogen and oxygen atoms in total. The number of benzene rings is 2. The fraction of sp³-hybridized carbons (Fsp3) is 0.211. The molecule has 0 fully saturated rings. The molecule has 2 aromatic rings. The van der Waals surface area contributed by atoms with Crippen molar-refractivity contribution in [3.05, 3.63) is 59.2 Å². The van der Waals surface area contributed by atoms with Gasteiger partial charge in [0.25, 0.3) is 11.8 Å². The van der Waals surface area contributed by atoms with E-state index in [1.807, 2.05) is 0 Å². The highest BCUT2D eigenvalue weighted by Crippen LogP contribution is 2.31. The molecule has 0 unspecified atom stereocenters. The van der Waals surface area contributed by atoms with Gasteiger partial charge in [-0.2, -0.15) is 13.2 Å². The Kier molecular flexibility index (Phi) is 6.47. The Bertz CT molecular complexity index is 925. The molecule has 0 heterocycles. The molecule has 3 N–H and O–H groups in total. The second-order valence-corrected chi connectivity index (χ2v) is 6.20. The number of carbonyl (C=O) groups excluding carboxylic acids is 3. The first kappa shape index (κ1) is 21.7. The van der Waals surface area contributed by atoms with E-state index in [0.717, 1.165) is 6.07 Å². The largest absolute Gasteiger partial charge is 0.452 e. The summed E-state index contributed by atoms with van der Waals surface area (Å²) in [7, 11) is 3.21. The van der Waals surface area contributed by atoms with Crippen LogP contribution in [-0.2, 0) is 15.7 Å². The minimum Gasteiger partial charge on any atom is -0.452 e. The zero-order valence-corrected chi connectivity index (χ0v) is 15.5. The number of nitrogens with two attached hydrogens (primary N) is 1. The number of halogens is 3. The van der Waals surface area contributed by atoms with E-state index in [1.165, 1.54) is 29.2 Å². The highest BCUT2D eigenvalue weighted by molar-refractivity contribution is 5.99. The summed E-state index contributed by atoms with van der Waals surface area (Å²) >= 11 is 0. The van der Waals surface area contributed by atoms with Gasteiger partial charge >= 0.3 is 12.1 Å². The maximum atomic E-state index is 12.6. The number of nitrogens with zero attached hydrogens (tertiary/aromatic N) is 1. The van der Waals surface area contributed by atoms with E-state index in [0.29, 0.717) is 23.4 Å². The van der Waals surface area contributed by atoms with E-state index < -0.39 is 35.9 Å². The third-order valence-electron chi connectivity index (χ3n) is 3.75. The summed E-state index contributed by atoms with van der Waals surface area (Å²) in [5.74, 6) is -1.90. The Labute approximate surface area is 164 Å². The molecule has 0 bridgehead atoms. The number of amides is 2. The van der Waals surface area contributed by atoms with Crippen molar-refractivity contribution in [3.8, 4) is 0 Å². The van der Waals surface area contributed by atoms with E-state index in [-0.39, 0.29) is 11.5 Å². The standard InChI is InChI=1S/C19H18F3N3O4/c1-25(2)17(27)11-3-6-13(7-4-11)24-16(26)10-29-18(28)14-8-5-12(9-15(14)23)19(20,21)22/h3-9H,10,23H2,1-2H3,(H,24,26). The van der Waals surface area contributed by atoms with Crippen LogP contribution in [-0.4, -0.2) is 43.4 Å². The molecule has 0 aliphatic carbocycles. The summed E-state index contributed by atoms with van der Waals surface area (Å²) in [5.41, 5.74) is 4.58. The van der Waals surface area contributed by atoms with Crippen LogP contribution < -0.4 is 11.1 Å². The second kappa shape index (κ2) is 8.63.